The van der Waals surface area contributed by atoms with Crippen molar-refractivity contribution in [1.82, 2.24) is 15.1 Å². The Bertz CT molecular complexity index is 971. The fourth-order valence-corrected chi connectivity index (χ4v) is 6.27. The highest BCUT2D eigenvalue weighted by molar-refractivity contribution is 5.80. The van der Waals surface area contributed by atoms with Gasteiger partial charge in [-0.1, -0.05) is 59.8 Å². The summed E-state index contributed by atoms with van der Waals surface area (Å²) in [6, 6.07) is 10.6. The van der Waals surface area contributed by atoms with Crippen molar-refractivity contribution in [2.45, 2.75) is 103 Å². The number of carbonyl (C=O) groups excluding carboxylic acids is 2. The molecule has 7 unspecified atom stereocenters. The first kappa shape index (κ1) is 35.6. The average molecular weight is 586 g/mol. The number of nitrogens with one attached hydrogen (secondary N) is 1. The van der Waals surface area contributed by atoms with Crippen LogP contribution in [0.4, 0.5) is 0 Å². The van der Waals surface area contributed by atoms with Crippen LogP contribution in [0.1, 0.15) is 72.3 Å². The summed E-state index contributed by atoms with van der Waals surface area (Å²) in [5.74, 6) is 0.0745. The predicted octanol–water partition coefficient (Wildman–Crippen LogP) is 4.26. The Hall–Kier alpha value is -2.60. The summed E-state index contributed by atoms with van der Waals surface area (Å²) < 4.78 is 11.9. The summed E-state index contributed by atoms with van der Waals surface area (Å²) in [6.45, 7) is 15.3. The fraction of sp³-hybridized carbons (Fsp3) is 0.706. The number of nitrogens with zero attached hydrogens (tertiary/aromatic N) is 2. The molecule has 2 rings (SSSR count). The van der Waals surface area contributed by atoms with Gasteiger partial charge in [0.1, 0.15) is 0 Å². The highest BCUT2D eigenvalue weighted by atomic mass is 16.5. The maximum Gasteiger partial charge on any atom is 0.225 e. The number of likely N-dealkylation sites (tertiary alicyclic amines) is 1. The number of hydrogen-bond acceptors (Lipinski definition) is 6. The lowest BCUT2D eigenvalue weighted by molar-refractivity contribution is -0.143. The largest absolute Gasteiger partial charge is 0.394 e. The molecule has 0 aromatic heterocycles. The minimum Gasteiger partial charge on any atom is -0.394 e. The summed E-state index contributed by atoms with van der Waals surface area (Å²) in [7, 11) is 5.34. The number of likely N-dealkylation sites (N-methyl/N-ethyl adjacent to an activating group) is 1. The van der Waals surface area contributed by atoms with Gasteiger partial charge < -0.3 is 29.7 Å². The van der Waals surface area contributed by atoms with E-state index in [2.05, 4.69) is 63.7 Å². The van der Waals surface area contributed by atoms with Crippen LogP contribution in [0, 0.1) is 29.9 Å². The third-order valence-corrected chi connectivity index (χ3v) is 8.82. The summed E-state index contributed by atoms with van der Waals surface area (Å²) in [4.78, 5) is 31.3. The molecule has 2 amide bonds. The van der Waals surface area contributed by atoms with E-state index in [4.69, 9.17) is 9.47 Å². The zero-order valence-electron chi connectivity index (χ0n) is 27.2. The molecule has 7 atom stereocenters. The second-order valence-corrected chi connectivity index (χ2v) is 12.3. The number of methoxy groups -OCH3 is 2. The lowest BCUT2D eigenvalue weighted by Gasteiger charge is -2.41. The number of carbonyl (C=O) groups is 2. The van der Waals surface area contributed by atoms with Gasteiger partial charge >= 0.3 is 0 Å². The minimum atomic E-state index is -0.519. The van der Waals surface area contributed by atoms with Crippen LogP contribution in [0.5, 0.6) is 0 Å². The first-order valence-electron chi connectivity index (χ1n) is 15.5. The number of ether oxygens (including phenoxy) is 2. The van der Waals surface area contributed by atoms with Crippen LogP contribution >= 0.6 is 0 Å². The maximum atomic E-state index is 13.9. The quantitative estimate of drug-likeness (QED) is 0.268. The Morgan fingerprint density at radius 1 is 1.19 bits per heavy atom. The molecule has 0 saturated carbocycles. The van der Waals surface area contributed by atoms with Gasteiger partial charge in [-0.15, -0.1) is 0 Å². The number of hydrogen-bond donors (Lipinski definition) is 2. The Kier molecular flexibility index (Phi) is 14.8. The van der Waals surface area contributed by atoms with Gasteiger partial charge in [0.05, 0.1) is 49.3 Å². The van der Waals surface area contributed by atoms with E-state index in [-0.39, 0.29) is 43.0 Å². The van der Waals surface area contributed by atoms with Crippen LogP contribution in [-0.2, 0) is 25.5 Å². The van der Waals surface area contributed by atoms with Crippen LogP contribution in [-0.4, -0.2) is 91.5 Å². The third kappa shape index (κ3) is 9.72. The predicted molar refractivity (Wildman–Crippen MR) is 167 cm³/mol. The lowest BCUT2D eigenvalue weighted by Crippen LogP contribution is -2.53. The number of aliphatic hydroxyl groups is 1. The molecule has 1 aliphatic heterocycles. The monoisotopic (exact) mass is 585 g/mol. The van der Waals surface area contributed by atoms with Gasteiger partial charge in [0.15, 0.2) is 0 Å². The van der Waals surface area contributed by atoms with Crippen molar-refractivity contribution in [1.29, 1.82) is 0 Å². The molecule has 0 bridgehead atoms. The van der Waals surface area contributed by atoms with Crippen LogP contribution < -0.4 is 5.32 Å². The Labute approximate surface area is 254 Å². The van der Waals surface area contributed by atoms with Crippen LogP contribution in [0.15, 0.2) is 30.5 Å². The van der Waals surface area contributed by atoms with E-state index in [1.54, 1.807) is 26.4 Å². The van der Waals surface area contributed by atoms with E-state index in [0.717, 1.165) is 36.9 Å². The molecule has 42 heavy (non-hydrogen) atoms. The molecule has 1 aliphatic rings. The lowest BCUT2D eigenvalue weighted by atomic mass is 9.89. The van der Waals surface area contributed by atoms with E-state index >= 15 is 0 Å². The second-order valence-electron chi connectivity index (χ2n) is 12.3. The molecule has 1 aromatic carbocycles. The van der Waals surface area contributed by atoms with E-state index in [1.165, 1.54) is 0 Å². The van der Waals surface area contributed by atoms with E-state index in [1.807, 2.05) is 17.9 Å². The standard InChI is InChI=1S/C34H55N3O5/c1-10-24(4)32(36(7)25(5)19-23(2)3)30(41-8)21-31(39)37-18-14-17-29(37)33(42-9)26(6)34(40)35-28(22-38)20-27-15-12-11-13-16-27/h12,15-16,23-24,26,28-30,32-33,38H,5,10,14,17-22H2,1-4,6-9H3,(H,35,40). The molecule has 8 heteroatoms. The zero-order chi connectivity index (χ0) is 31.4. The van der Waals surface area contributed by atoms with Gasteiger partial charge in [-0.3, -0.25) is 9.59 Å². The minimum absolute atomic E-state index is 0.00898. The van der Waals surface area contributed by atoms with E-state index < -0.39 is 18.1 Å². The van der Waals surface area contributed by atoms with Gasteiger partial charge in [0, 0.05) is 33.5 Å². The summed E-state index contributed by atoms with van der Waals surface area (Å²) in [5, 5.41) is 12.9. The molecule has 1 heterocycles. The molecule has 2 N–H and O–H groups in total. The van der Waals surface area contributed by atoms with Crippen LogP contribution in [0.25, 0.3) is 0 Å². The number of amides is 2. The first-order valence-corrected chi connectivity index (χ1v) is 15.5. The topological polar surface area (TPSA) is 91.3 Å². The van der Waals surface area contributed by atoms with Crippen molar-refractivity contribution >= 4 is 11.8 Å². The van der Waals surface area contributed by atoms with Crippen molar-refractivity contribution in [3.8, 4) is 0 Å². The highest BCUT2D eigenvalue weighted by Crippen LogP contribution is 2.30. The molecule has 1 fully saturated rings. The maximum absolute atomic E-state index is 13.9. The fourth-order valence-electron chi connectivity index (χ4n) is 6.27. The third-order valence-electron chi connectivity index (χ3n) is 8.82. The SMILES string of the molecule is C=C(CC(C)C)N(C)C(C(C)CC)C(CC(=O)N1CCCC1C(OC)C(C)C(=O)NC(CO)Cc1cc#ccc1)OC. The smallest absolute Gasteiger partial charge is 0.225 e. The van der Waals surface area contributed by atoms with Crippen molar-refractivity contribution in [3.63, 3.8) is 0 Å². The molecule has 1 aromatic rings. The Morgan fingerprint density at radius 2 is 1.90 bits per heavy atom. The molecule has 8 nitrogen and oxygen atoms in total. The van der Waals surface area contributed by atoms with Gasteiger partial charge in [-0.2, -0.15) is 0 Å². The second kappa shape index (κ2) is 17.5. The molecular formula is C34H55N3O5. The summed E-state index contributed by atoms with van der Waals surface area (Å²) in [5.41, 5.74) is 2.01. The van der Waals surface area contributed by atoms with E-state index in [0.29, 0.717) is 24.8 Å². The van der Waals surface area contributed by atoms with Gasteiger partial charge in [0.2, 0.25) is 11.8 Å². The normalized spacial score (nSPS) is 19.4. The molecule has 236 valence electrons. The molecular weight excluding hydrogens is 530 g/mol. The molecule has 0 radical (unpaired) electrons. The molecule has 0 spiro atoms. The van der Waals surface area contributed by atoms with Crippen molar-refractivity contribution in [3.05, 3.63) is 48.2 Å². The van der Waals surface area contributed by atoms with Crippen molar-refractivity contribution in [2.24, 2.45) is 17.8 Å². The zero-order valence-corrected chi connectivity index (χ0v) is 27.2. The van der Waals surface area contributed by atoms with Gasteiger partial charge in [-0.25, -0.2) is 0 Å². The molecule has 0 aliphatic carbocycles. The van der Waals surface area contributed by atoms with E-state index in [9.17, 15) is 14.7 Å². The number of allylic oxidation sites excluding steroid dienone is 1. The molecule has 1 saturated heterocycles. The first-order chi connectivity index (χ1) is 20.0. The van der Waals surface area contributed by atoms with Gasteiger partial charge in [0.25, 0.3) is 0 Å². The van der Waals surface area contributed by atoms with Crippen LogP contribution in [0.3, 0.4) is 0 Å². The summed E-state index contributed by atoms with van der Waals surface area (Å²) in [6.07, 6.45) is 3.41. The van der Waals surface area contributed by atoms with Crippen LogP contribution in [0.2, 0.25) is 0 Å². The Morgan fingerprint density at radius 3 is 2.45 bits per heavy atom. The Balaban J connectivity index is 2.15. The number of rotatable bonds is 18. The van der Waals surface area contributed by atoms with Gasteiger partial charge in [-0.05, 0) is 61.3 Å². The van der Waals surface area contributed by atoms with Crippen molar-refractivity contribution in [2.75, 3.05) is 34.4 Å². The number of aliphatic hydroxyl groups excluding tert-OH is 1. The average Bonchev–Trinajstić information content (AvgIpc) is 3.46. The summed E-state index contributed by atoms with van der Waals surface area (Å²) >= 11 is 0. The van der Waals surface area contributed by atoms with Crippen molar-refractivity contribution < 1.29 is 24.2 Å². The highest BCUT2D eigenvalue weighted by Gasteiger charge is 2.41.